The molecule has 0 spiro atoms. The minimum absolute atomic E-state index is 0.318. The number of hydrogen-bond acceptors (Lipinski definition) is 1. The molecule has 1 rings (SSSR count). The van der Waals surface area contributed by atoms with Crippen molar-refractivity contribution in [3.8, 4) is 0 Å². The first-order chi connectivity index (χ1) is 6.54. The molecule has 0 aliphatic heterocycles. The highest BCUT2D eigenvalue weighted by Gasteiger charge is 2.41. The summed E-state index contributed by atoms with van der Waals surface area (Å²) in [7, 11) is 0. The van der Waals surface area contributed by atoms with Crippen molar-refractivity contribution >= 4 is 0 Å². The zero-order chi connectivity index (χ0) is 10.6. The Morgan fingerprint density at radius 1 is 1.07 bits per heavy atom. The van der Waals surface area contributed by atoms with Gasteiger partial charge in [-0.2, -0.15) is 13.2 Å². The Hall–Kier alpha value is -0.250. The van der Waals surface area contributed by atoms with Crippen LogP contribution in [0, 0.1) is 11.8 Å². The molecular weight excluding hydrogens is 191 g/mol. The average molecular weight is 209 g/mol. The molecule has 1 saturated carbocycles. The zero-order valence-electron chi connectivity index (χ0n) is 8.32. The number of nitrogens with two attached hydrogens (primary N) is 1. The highest BCUT2D eigenvalue weighted by atomic mass is 19.4. The van der Waals surface area contributed by atoms with E-state index in [-0.39, 0.29) is 0 Å². The van der Waals surface area contributed by atoms with Gasteiger partial charge in [-0.25, -0.2) is 0 Å². The molecule has 4 heteroatoms. The molecule has 0 aromatic rings. The van der Waals surface area contributed by atoms with Crippen LogP contribution in [0.5, 0.6) is 0 Å². The monoisotopic (exact) mass is 209 g/mol. The molecule has 1 aliphatic carbocycles. The van der Waals surface area contributed by atoms with Gasteiger partial charge in [-0.3, -0.25) is 0 Å². The summed E-state index contributed by atoms with van der Waals surface area (Å²) >= 11 is 0. The molecule has 0 amide bonds. The lowest BCUT2D eigenvalue weighted by Crippen LogP contribution is -2.27. The topological polar surface area (TPSA) is 26.0 Å². The van der Waals surface area contributed by atoms with Gasteiger partial charge >= 0.3 is 6.18 Å². The fourth-order valence-electron chi connectivity index (χ4n) is 2.18. The van der Waals surface area contributed by atoms with Gasteiger partial charge in [-0.05, 0) is 51.0 Å². The van der Waals surface area contributed by atoms with Gasteiger partial charge < -0.3 is 5.73 Å². The molecule has 0 unspecified atom stereocenters. The van der Waals surface area contributed by atoms with E-state index in [9.17, 15) is 13.2 Å². The fraction of sp³-hybridized carbons (Fsp3) is 1.00. The van der Waals surface area contributed by atoms with Crippen LogP contribution in [0.1, 0.15) is 38.5 Å². The van der Waals surface area contributed by atoms with E-state index in [1.54, 1.807) is 0 Å². The number of rotatable bonds is 3. The van der Waals surface area contributed by atoms with E-state index in [1.165, 1.54) is 0 Å². The van der Waals surface area contributed by atoms with Gasteiger partial charge in [0.1, 0.15) is 0 Å². The van der Waals surface area contributed by atoms with Crippen LogP contribution in [0.15, 0.2) is 0 Å². The third-order valence-electron chi connectivity index (χ3n) is 3.13. The lowest BCUT2D eigenvalue weighted by Gasteiger charge is -2.29. The summed E-state index contributed by atoms with van der Waals surface area (Å²) in [4.78, 5) is 0. The third kappa shape index (κ3) is 3.48. The SMILES string of the molecule is NCCCC1CCC(C(F)(F)F)CC1. The fourth-order valence-corrected chi connectivity index (χ4v) is 2.18. The van der Waals surface area contributed by atoms with E-state index in [4.69, 9.17) is 5.73 Å². The molecule has 1 nitrogen and oxygen atoms in total. The van der Waals surface area contributed by atoms with E-state index in [0.29, 0.717) is 25.3 Å². The van der Waals surface area contributed by atoms with Gasteiger partial charge in [-0.1, -0.05) is 0 Å². The first-order valence-corrected chi connectivity index (χ1v) is 5.31. The Morgan fingerprint density at radius 2 is 1.64 bits per heavy atom. The van der Waals surface area contributed by atoms with E-state index in [1.807, 2.05) is 0 Å². The summed E-state index contributed by atoms with van der Waals surface area (Å²) in [6, 6.07) is 0. The molecule has 0 aromatic carbocycles. The summed E-state index contributed by atoms with van der Waals surface area (Å²) < 4.78 is 36.9. The summed E-state index contributed by atoms with van der Waals surface area (Å²) in [6.07, 6.45) is 0.0626. The average Bonchev–Trinajstić information content (AvgIpc) is 2.14. The second-order valence-corrected chi connectivity index (χ2v) is 4.19. The van der Waals surface area contributed by atoms with Gasteiger partial charge in [-0.15, -0.1) is 0 Å². The van der Waals surface area contributed by atoms with Gasteiger partial charge in [0.25, 0.3) is 0 Å². The third-order valence-corrected chi connectivity index (χ3v) is 3.13. The minimum atomic E-state index is -3.97. The van der Waals surface area contributed by atoms with Crippen LogP contribution in [-0.2, 0) is 0 Å². The maximum Gasteiger partial charge on any atom is 0.391 e. The maximum absolute atomic E-state index is 12.3. The van der Waals surface area contributed by atoms with Crippen molar-refractivity contribution in [3.05, 3.63) is 0 Å². The van der Waals surface area contributed by atoms with E-state index in [2.05, 4.69) is 0 Å². The molecular formula is C10H18F3N. The number of hydrogen-bond donors (Lipinski definition) is 1. The lowest BCUT2D eigenvalue weighted by atomic mass is 9.80. The zero-order valence-corrected chi connectivity index (χ0v) is 8.32. The van der Waals surface area contributed by atoms with Gasteiger partial charge in [0.15, 0.2) is 0 Å². The van der Waals surface area contributed by atoms with Crippen molar-refractivity contribution in [1.29, 1.82) is 0 Å². The summed E-state index contributed by atoms with van der Waals surface area (Å²) in [6.45, 7) is 0.652. The van der Waals surface area contributed by atoms with Crippen molar-refractivity contribution in [2.24, 2.45) is 17.6 Å². The summed E-state index contributed by atoms with van der Waals surface area (Å²) in [5.41, 5.74) is 5.36. The number of alkyl halides is 3. The van der Waals surface area contributed by atoms with Crippen LogP contribution in [0.3, 0.4) is 0 Å². The smallest absolute Gasteiger partial charge is 0.330 e. The van der Waals surface area contributed by atoms with Crippen molar-refractivity contribution in [2.75, 3.05) is 6.54 Å². The molecule has 1 aliphatic rings. The summed E-state index contributed by atoms with van der Waals surface area (Å²) in [5, 5.41) is 0. The Balaban J connectivity index is 2.24. The minimum Gasteiger partial charge on any atom is -0.330 e. The Kier molecular flexibility index (Phi) is 4.23. The summed E-state index contributed by atoms with van der Waals surface area (Å²) in [5.74, 6) is -0.561. The molecule has 0 radical (unpaired) electrons. The van der Waals surface area contributed by atoms with E-state index >= 15 is 0 Å². The number of halogens is 3. The molecule has 0 bridgehead atoms. The molecule has 2 N–H and O–H groups in total. The normalized spacial score (nSPS) is 29.1. The van der Waals surface area contributed by atoms with Crippen molar-refractivity contribution in [2.45, 2.75) is 44.7 Å². The molecule has 0 atom stereocenters. The second kappa shape index (κ2) is 5.01. The molecule has 84 valence electrons. The Labute approximate surface area is 82.9 Å². The van der Waals surface area contributed by atoms with Crippen molar-refractivity contribution < 1.29 is 13.2 Å². The predicted octanol–water partition coefficient (Wildman–Crippen LogP) is 3.09. The molecule has 1 fully saturated rings. The first kappa shape index (κ1) is 11.8. The lowest BCUT2D eigenvalue weighted by molar-refractivity contribution is -0.184. The molecule has 0 heterocycles. The largest absolute Gasteiger partial charge is 0.391 e. The standard InChI is InChI=1S/C10H18F3N/c11-10(12,13)9-5-3-8(4-6-9)2-1-7-14/h8-9H,1-7,14H2. The van der Waals surface area contributed by atoms with Crippen molar-refractivity contribution in [1.82, 2.24) is 0 Å². The van der Waals surface area contributed by atoms with Gasteiger partial charge in [0, 0.05) is 0 Å². The maximum atomic E-state index is 12.3. The van der Waals surface area contributed by atoms with Crippen molar-refractivity contribution in [3.63, 3.8) is 0 Å². The van der Waals surface area contributed by atoms with E-state index < -0.39 is 12.1 Å². The van der Waals surface area contributed by atoms with Crippen LogP contribution in [0.25, 0.3) is 0 Å². The highest BCUT2D eigenvalue weighted by molar-refractivity contribution is 4.77. The molecule has 14 heavy (non-hydrogen) atoms. The molecule has 0 aromatic heterocycles. The van der Waals surface area contributed by atoms with Crippen LogP contribution < -0.4 is 5.73 Å². The Bertz CT molecular complexity index is 159. The first-order valence-electron chi connectivity index (χ1n) is 5.31. The van der Waals surface area contributed by atoms with E-state index in [0.717, 1.165) is 25.7 Å². The van der Waals surface area contributed by atoms with Gasteiger partial charge in [0.2, 0.25) is 0 Å². The second-order valence-electron chi connectivity index (χ2n) is 4.19. The molecule has 0 saturated heterocycles. The predicted molar refractivity (Wildman–Crippen MR) is 49.8 cm³/mol. The van der Waals surface area contributed by atoms with Crippen LogP contribution in [0.2, 0.25) is 0 Å². The quantitative estimate of drug-likeness (QED) is 0.759. The highest BCUT2D eigenvalue weighted by Crippen LogP contribution is 2.40. The van der Waals surface area contributed by atoms with Gasteiger partial charge in [0.05, 0.1) is 5.92 Å². The van der Waals surface area contributed by atoms with Crippen LogP contribution >= 0.6 is 0 Å². The van der Waals surface area contributed by atoms with Crippen LogP contribution in [0.4, 0.5) is 13.2 Å². The Morgan fingerprint density at radius 3 is 2.07 bits per heavy atom. The van der Waals surface area contributed by atoms with Crippen LogP contribution in [-0.4, -0.2) is 12.7 Å².